The second kappa shape index (κ2) is 5.75. The summed E-state index contributed by atoms with van der Waals surface area (Å²) >= 11 is 9.50. The van der Waals surface area contributed by atoms with Crippen LogP contribution >= 0.6 is 27.5 Å². The molecule has 0 spiro atoms. The van der Waals surface area contributed by atoms with Gasteiger partial charge in [-0.2, -0.15) is 0 Å². The van der Waals surface area contributed by atoms with Crippen LogP contribution in [-0.4, -0.2) is 21.8 Å². The summed E-state index contributed by atoms with van der Waals surface area (Å²) in [5.74, 6) is -0.483. The SMILES string of the molecule is C[C@@H]1C=CC=C(Cl)N1C(C(N)=O)c1ccc(Br)cn1. The van der Waals surface area contributed by atoms with Gasteiger partial charge in [-0.05, 0) is 41.1 Å². The van der Waals surface area contributed by atoms with E-state index in [4.69, 9.17) is 17.3 Å². The molecule has 1 amide bonds. The molecule has 2 heterocycles. The number of aromatic nitrogens is 1. The Bertz CT molecular complexity index is 541. The molecule has 0 bridgehead atoms. The molecule has 2 atom stereocenters. The molecule has 1 aliphatic heterocycles. The Hall–Kier alpha value is -1.33. The fourth-order valence-corrected chi connectivity index (χ4v) is 2.56. The van der Waals surface area contributed by atoms with Crippen molar-refractivity contribution in [1.29, 1.82) is 0 Å². The molecule has 1 aliphatic rings. The summed E-state index contributed by atoms with van der Waals surface area (Å²) in [6.07, 6.45) is 7.17. The molecule has 1 aromatic rings. The van der Waals surface area contributed by atoms with Crippen LogP contribution in [0.15, 0.2) is 46.2 Å². The van der Waals surface area contributed by atoms with Gasteiger partial charge in [-0.1, -0.05) is 23.8 Å². The summed E-state index contributed by atoms with van der Waals surface area (Å²) in [4.78, 5) is 17.8. The van der Waals surface area contributed by atoms with E-state index in [-0.39, 0.29) is 6.04 Å². The summed E-state index contributed by atoms with van der Waals surface area (Å²) in [5.41, 5.74) is 6.09. The molecule has 2 N–H and O–H groups in total. The van der Waals surface area contributed by atoms with Crippen molar-refractivity contribution in [2.45, 2.75) is 19.0 Å². The first-order valence-electron chi connectivity index (χ1n) is 5.74. The monoisotopic (exact) mass is 341 g/mol. The van der Waals surface area contributed by atoms with Crippen LogP contribution in [0.1, 0.15) is 18.7 Å². The molecule has 2 rings (SSSR count). The zero-order valence-corrected chi connectivity index (χ0v) is 12.6. The average Bonchev–Trinajstić information content (AvgIpc) is 2.35. The van der Waals surface area contributed by atoms with E-state index in [9.17, 15) is 4.79 Å². The number of primary amides is 1. The van der Waals surface area contributed by atoms with Gasteiger partial charge in [0.15, 0.2) is 6.04 Å². The first-order chi connectivity index (χ1) is 9.00. The van der Waals surface area contributed by atoms with E-state index in [1.54, 1.807) is 23.2 Å². The number of nitrogens with zero attached hydrogens (tertiary/aromatic N) is 2. The molecule has 6 heteroatoms. The van der Waals surface area contributed by atoms with Gasteiger partial charge in [0, 0.05) is 16.7 Å². The van der Waals surface area contributed by atoms with Gasteiger partial charge in [-0.25, -0.2) is 0 Å². The van der Waals surface area contributed by atoms with Crippen molar-refractivity contribution in [2.24, 2.45) is 5.73 Å². The fraction of sp³-hybridized carbons (Fsp3) is 0.231. The van der Waals surface area contributed by atoms with Gasteiger partial charge >= 0.3 is 0 Å². The Morgan fingerprint density at radius 1 is 1.58 bits per heavy atom. The predicted molar refractivity (Wildman–Crippen MR) is 78.2 cm³/mol. The van der Waals surface area contributed by atoms with Gasteiger partial charge in [0.1, 0.15) is 5.16 Å². The van der Waals surface area contributed by atoms with Crippen LogP contribution < -0.4 is 5.73 Å². The molecule has 4 nitrogen and oxygen atoms in total. The minimum atomic E-state index is -0.684. The number of hydrogen-bond donors (Lipinski definition) is 1. The number of halogens is 2. The Labute approximate surface area is 125 Å². The van der Waals surface area contributed by atoms with E-state index in [2.05, 4.69) is 20.9 Å². The molecular formula is C13H13BrClN3O. The highest BCUT2D eigenvalue weighted by atomic mass is 79.9. The van der Waals surface area contributed by atoms with Crippen molar-refractivity contribution < 1.29 is 4.79 Å². The minimum Gasteiger partial charge on any atom is -0.368 e. The average molecular weight is 343 g/mol. The third-order valence-corrected chi connectivity index (χ3v) is 3.68. The van der Waals surface area contributed by atoms with E-state index in [1.807, 2.05) is 25.1 Å². The Morgan fingerprint density at radius 2 is 2.32 bits per heavy atom. The summed E-state index contributed by atoms with van der Waals surface area (Å²) in [7, 11) is 0. The highest BCUT2D eigenvalue weighted by Gasteiger charge is 2.31. The van der Waals surface area contributed by atoms with Gasteiger partial charge in [-0.15, -0.1) is 0 Å². The molecule has 0 aliphatic carbocycles. The van der Waals surface area contributed by atoms with Crippen LogP contribution in [0.3, 0.4) is 0 Å². The van der Waals surface area contributed by atoms with Crippen molar-refractivity contribution in [3.63, 3.8) is 0 Å². The number of rotatable bonds is 3. The molecular weight excluding hydrogens is 330 g/mol. The van der Waals surface area contributed by atoms with Gasteiger partial charge < -0.3 is 10.6 Å². The van der Waals surface area contributed by atoms with Crippen LogP contribution in [0.4, 0.5) is 0 Å². The minimum absolute atomic E-state index is 0.0274. The van der Waals surface area contributed by atoms with Crippen molar-refractivity contribution >= 4 is 33.4 Å². The zero-order chi connectivity index (χ0) is 14.0. The topological polar surface area (TPSA) is 59.2 Å². The number of pyridine rings is 1. The normalized spacial score (nSPS) is 20.1. The third kappa shape index (κ3) is 2.98. The van der Waals surface area contributed by atoms with E-state index in [0.717, 1.165) is 4.47 Å². The molecule has 1 unspecified atom stereocenters. The third-order valence-electron chi connectivity index (χ3n) is 2.89. The van der Waals surface area contributed by atoms with Crippen LogP contribution in [0, 0.1) is 0 Å². The lowest BCUT2D eigenvalue weighted by atomic mass is 10.1. The van der Waals surface area contributed by atoms with Crippen molar-refractivity contribution in [3.05, 3.63) is 51.9 Å². The molecule has 100 valence electrons. The number of nitrogens with two attached hydrogens (primary N) is 1. The van der Waals surface area contributed by atoms with Crippen LogP contribution in [0.25, 0.3) is 0 Å². The molecule has 0 fully saturated rings. The van der Waals surface area contributed by atoms with Crippen molar-refractivity contribution in [3.8, 4) is 0 Å². The lowest BCUT2D eigenvalue weighted by Gasteiger charge is -2.35. The molecule has 0 aromatic carbocycles. The van der Waals surface area contributed by atoms with Gasteiger partial charge in [-0.3, -0.25) is 9.78 Å². The van der Waals surface area contributed by atoms with E-state index < -0.39 is 11.9 Å². The summed E-state index contributed by atoms with van der Waals surface area (Å²) in [5, 5.41) is 0.475. The maximum atomic E-state index is 11.8. The number of hydrogen-bond acceptors (Lipinski definition) is 3. The lowest BCUT2D eigenvalue weighted by Crippen LogP contribution is -2.41. The lowest BCUT2D eigenvalue weighted by molar-refractivity contribution is -0.123. The molecule has 0 saturated carbocycles. The standard InChI is InChI=1S/C13H13BrClN3O/c1-8-3-2-4-11(15)18(8)12(13(16)19)10-6-5-9(14)7-17-10/h2-8,12H,1H3,(H2,16,19)/t8-,12?/m1/s1. The molecule has 0 saturated heterocycles. The maximum absolute atomic E-state index is 11.8. The molecule has 19 heavy (non-hydrogen) atoms. The quantitative estimate of drug-likeness (QED) is 0.859. The fourth-order valence-electron chi connectivity index (χ4n) is 2.00. The highest BCUT2D eigenvalue weighted by Crippen LogP contribution is 2.30. The summed E-state index contributed by atoms with van der Waals surface area (Å²) < 4.78 is 0.840. The second-order valence-electron chi connectivity index (χ2n) is 4.23. The van der Waals surface area contributed by atoms with E-state index in [0.29, 0.717) is 10.9 Å². The zero-order valence-electron chi connectivity index (χ0n) is 10.3. The highest BCUT2D eigenvalue weighted by molar-refractivity contribution is 9.10. The maximum Gasteiger partial charge on any atom is 0.246 e. The van der Waals surface area contributed by atoms with Crippen LogP contribution in [0.2, 0.25) is 0 Å². The largest absolute Gasteiger partial charge is 0.368 e. The van der Waals surface area contributed by atoms with Crippen LogP contribution in [-0.2, 0) is 4.79 Å². The first-order valence-corrected chi connectivity index (χ1v) is 6.91. The van der Waals surface area contributed by atoms with Crippen molar-refractivity contribution in [2.75, 3.05) is 0 Å². The van der Waals surface area contributed by atoms with Gasteiger partial charge in [0.05, 0.1) is 5.69 Å². The van der Waals surface area contributed by atoms with E-state index in [1.165, 1.54) is 0 Å². The predicted octanol–water partition coefficient (Wildman–Crippen LogP) is 2.71. The number of amides is 1. The molecule has 0 radical (unpaired) electrons. The first kappa shape index (κ1) is 14.1. The summed E-state index contributed by atoms with van der Waals surface area (Å²) in [6, 6.07) is 2.87. The van der Waals surface area contributed by atoms with Gasteiger partial charge in [0.25, 0.3) is 0 Å². The number of allylic oxidation sites excluding steroid dienone is 2. The van der Waals surface area contributed by atoms with Crippen LogP contribution in [0.5, 0.6) is 0 Å². The number of carbonyl (C=O) groups is 1. The number of carbonyl (C=O) groups excluding carboxylic acids is 1. The smallest absolute Gasteiger partial charge is 0.246 e. The Kier molecular flexibility index (Phi) is 4.27. The van der Waals surface area contributed by atoms with Crippen molar-refractivity contribution in [1.82, 2.24) is 9.88 Å². The second-order valence-corrected chi connectivity index (χ2v) is 5.53. The Morgan fingerprint density at radius 3 is 2.84 bits per heavy atom. The van der Waals surface area contributed by atoms with E-state index >= 15 is 0 Å². The van der Waals surface area contributed by atoms with Gasteiger partial charge in [0.2, 0.25) is 5.91 Å². The molecule has 1 aromatic heterocycles. The Balaban J connectivity index is 2.41. The summed E-state index contributed by atoms with van der Waals surface area (Å²) in [6.45, 7) is 1.95.